The summed E-state index contributed by atoms with van der Waals surface area (Å²) in [6.45, 7) is 1.35. The summed E-state index contributed by atoms with van der Waals surface area (Å²) in [7, 11) is -3.68. The monoisotopic (exact) mass is 572 g/mol. The van der Waals surface area contributed by atoms with Gasteiger partial charge in [0, 0.05) is 39.2 Å². The summed E-state index contributed by atoms with van der Waals surface area (Å²) in [6.07, 6.45) is -3.97. The normalized spacial score (nSPS) is 16.1. The third-order valence-electron chi connectivity index (χ3n) is 6.13. The second-order valence-electron chi connectivity index (χ2n) is 8.75. The first kappa shape index (κ1) is 27.5. The van der Waals surface area contributed by atoms with Crippen molar-refractivity contribution in [3.05, 3.63) is 98.6 Å². The summed E-state index contributed by atoms with van der Waals surface area (Å²) in [5.74, 6) is -3.84. The van der Waals surface area contributed by atoms with Gasteiger partial charge in [0.05, 0.1) is 16.9 Å². The highest BCUT2D eigenvalue weighted by molar-refractivity contribution is 7.90. The van der Waals surface area contributed by atoms with Crippen molar-refractivity contribution in [3.8, 4) is 0 Å². The summed E-state index contributed by atoms with van der Waals surface area (Å²) >= 11 is 6.23. The standard InChI is InChI=1S/C25H18ClF5N2O4S/c1-11(38(2,36)37)12-7-18-21(22(33-24(18)35)17-10-15(27)3-4-19(17)26)20(8-12)32-23(34)13-5-14(25(29,30)31)9-16(28)6-13/h3-11,22H,1-2H3,(H,32,34)(H,33,35)/t11-,22-/m0/s1. The van der Waals surface area contributed by atoms with Crippen molar-refractivity contribution in [3.63, 3.8) is 0 Å². The molecule has 0 spiro atoms. The number of sulfone groups is 1. The SMILES string of the molecule is C[C@@H](c1cc(NC(=O)c2cc(F)cc(C(F)(F)F)c2)c2c(c1)C(=O)N[C@H]2c1cc(F)ccc1Cl)S(C)(=O)=O. The van der Waals surface area contributed by atoms with Gasteiger partial charge < -0.3 is 10.6 Å². The van der Waals surface area contributed by atoms with Crippen molar-refractivity contribution in [2.45, 2.75) is 24.4 Å². The van der Waals surface area contributed by atoms with E-state index in [-0.39, 0.29) is 39.0 Å². The Hall–Kier alpha value is -3.51. The predicted molar refractivity (Wildman–Crippen MR) is 130 cm³/mol. The van der Waals surface area contributed by atoms with Gasteiger partial charge in [0.15, 0.2) is 9.84 Å². The second-order valence-corrected chi connectivity index (χ2v) is 11.5. The van der Waals surface area contributed by atoms with Crippen molar-refractivity contribution in [1.29, 1.82) is 0 Å². The quantitative estimate of drug-likeness (QED) is 0.377. The Kier molecular flexibility index (Phi) is 7.00. The number of hydrogen-bond donors (Lipinski definition) is 2. The van der Waals surface area contributed by atoms with Gasteiger partial charge in [-0.15, -0.1) is 0 Å². The van der Waals surface area contributed by atoms with Crippen LogP contribution in [0.5, 0.6) is 0 Å². The van der Waals surface area contributed by atoms with Crippen molar-refractivity contribution in [2.75, 3.05) is 11.6 Å². The molecular weight excluding hydrogens is 555 g/mol. The maximum absolute atomic E-state index is 14.0. The van der Waals surface area contributed by atoms with Crippen LogP contribution in [-0.4, -0.2) is 26.5 Å². The molecule has 2 N–H and O–H groups in total. The number of halogens is 6. The fourth-order valence-electron chi connectivity index (χ4n) is 4.09. The van der Waals surface area contributed by atoms with Crippen molar-refractivity contribution >= 4 is 38.9 Å². The number of carbonyl (C=O) groups is 2. The third kappa shape index (κ3) is 5.37. The molecule has 38 heavy (non-hydrogen) atoms. The molecular formula is C25H18ClF5N2O4S. The molecule has 4 rings (SSSR count). The Bertz CT molecular complexity index is 1590. The summed E-state index contributed by atoms with van der Waals surface area (Å²) < 4.78 is 91.9. The summed E-state index contributed by atoms with van der Waals surface area (Å²) in [5.41, 5.74) is -2.00. The van der Waals surface area contributed by atoms with Crippen LogP contribution in [0.3, 0.4) is 0 Å². The molecule has 0 saturated heterocycles. The van der Waals surface area contributed by atoms with Crippen molar-refractivity contribution in [1.82, 2.24) is 5.32 Å². The first-order valence-electron chi connectivity index (χ1n) is 10.9. The van der Waals surface area contributed by atoms with Crippen LogP contribution in [0.4, 0.5) is 27.6 Å². The molecule has 0 saturated carbocycles. The van der Waals surface area contributed by atoms with Crippen LogP contribution in [0.15, 0.2) is 48.5 Å². The van der Waals surface area contributed by atoms with Crippen LogP contribution in [0, 0.1) is 11.6 Å². The van der Waals surface area contributed by atoms with Crippen LogP contribution >= 0.6 is 11.6 Å². The first-order chi connectivity index (χ1) is 17.6. The van der Waals surface area contributed by atoms with E-state index < -0.39 is 61.9 Å². The van der Waals surface area contributed by atoms with Crippen LogP contribution in [0.1, 0.15) is 61.2 Å². The molecule has 1 heterocycles. The number of alkyl halides is 3. The fourth-order valence-corrected chi connectivity index (χ4v) is 4.95. The number of hydrogen-bond acceptors (Lipinski definition) is 4. The molecule has 3 aromatic carbocycles. The summed E-state index contributed by atoms with van der Waals surface area (Å²) in [4.78, 5) is 25.9. The zero-order valence-electron chi connectivity index (χ0n) is 19.6. The average Bonchev–Trinajstić information content (AvgIpc) is 3.15. The number of rotatable bonds is 5. The van der Waals surface area contributed by atoms with E-state index in [9.17, 15) is 40.0 Å². The molecule has 2 amide bonds. The topological polar surface area (TPSA) is 92.3 Å². The van der Waals surface area contributed by atoms with E-state index in [1.165, 1.54) is 25.1 Å². The Balaban J connectivity index is 1.89. The number of amides is 2. The number of carbonyl (C=O) groups excluding carboxylic acids is 2. The maximum Gasteiger partial charge on any atom is 0.416 e. The molecule has 1 aliphatic rings. The lowest BCUT2D eigenvalue weighted by Gasteiger charge is -2.20. The molecule has 1 aliphatic heterocycles. The van der Waals surface area contributed by atoms with E-state index >= 15 is 0 Å². The van der Waals surface area contributed by atoms with Gasteiger partial charge in [-0.25, -0.2) is 17.2 Å². The van der Waals surface area contributed by atoms with E-state index in [0.717, 1.165) is 18.4 Å². The van der Waals surface area contributed by atoms with Gasteiger partial charge in [-0.05, 0) is 61.0 Å². The Morgan fingerprint density at radius 1 is 1.05 bits per heavy atom. The first-order valence-corrected chi connectivity index (χ1v) is 13.2. The van der Waals surface area contributed by atoms with Gasteiger partial charge in [0.25, 0.3) is 11.8 Å². The zero-order valence-corrected chi connectivity index (χ0v) is 21.2. The van der Waals surface area contributed by atoms with E-state index in [4.69, 9.17) is 11.6 Å². The Morgan fingerprint density at radius 3 is 2.37 bits per heavy atom. The van der Waals surface area contributed by atoms with Crippen LogP contribution in [0.2, 0.25) is 5.02 Å². The van der Waals surface area contributed by atoms with Crippen molar-refractivity contribution < 1.29 is 40.0 Å². The van der Waals surface area contributed by atoms with Crippen molar-refractivity contribution in [2.24, 2.45) is 0 Å². The summed E-state index contributed by atoms with van der Waals surface area (Å²) in [6, 6.07) is 6.11. The average molecular weight is 573 g/mol. The second kappa shape index (κ2) is 9.66. The lowest BCUT2D eigenvalue weighted by Crippen LogP contribution is -2.21. The highest BCUT2D eigenvalue weighted by Crippen LogP contribution is 2.42. The minimum absolute atomic E-state index is 0.0612. The molecule has 13 heteroatoms. The van der Waals surface area contributed by atoms with E-state index in [0.29, 0.717) is 12.1 Å². The molecule has 0 radical (unpaired) electrons. The lowest BCUT2D eigenvalue weighted by atomic mass is 9.93. The highest BCUT2D eigenvalue weighted by atomic mass is 35.5. The minimum Gasteiger partial charge on any atom is -0.341 e. The fraction of sp³-hybridized carbons (Fsp3) is 0.200. The van der Waals surface area contributed by atoms with E-state index in [1.807, 2.05) is 0 Å². The molecule has 0 aliphatic carbocycles. The Morgan fingerprint density at radius 2 is 1.74 bits per heavy atom. The maximum atomic E-state index is 14.0. The van der Waals surface area contributed by atoms with Crippen LogP contribution in [0.25, 0.3) is 0 Å². The number of anilines is 1. The largest absolute Gasteiger partial charge is 0.416 e. The molecule has 0 fully saturated rings. The Labute approximate surface area is 218 Å². The lowest BCUT2D eigenvalue weighted by molar-refractivity contribution is -0.137. The third-order valence-corrected chi connectivity index (χ3v) is 8.03. The number of fused-ring (bicyclic) bond motifs is 1. The predicted octanol–water partition coefficient (Wildman–Crippen LogP) is 5.83. The minimum atomic E-state index is -4.93. The molecule has 0 aromatic heterocycles. The molecule has 6 nitrogen and oxygen atoms in total. The van der Waals surface area contributed by atoms with Crippen LogP contribution in [-0.2, 0) is 16.0 Å². The van der Waals surface area contributed by atoms with Gasteiger partial charge in [-0.2, -0.15) is 13.2 Å². The number of nitrogens with one attached hydrogen (secondary N) is 2. The smallest absolute Gasteiger partial charge is 0.341 e. The van der Waals surface area contributed by atoms with Gasteiger partial charge in [0.2, 0.25) is 0 Å². The van der Waals surface area contributed by atoms with Gasteiger partial charge in [-0.1, -0.05) is 11.6 Å². The molecule has 2 atom stereocenters. The highest BCUT2D eigenvalue weighted by Gasteiger charge is 2.36. The molecule has 3 aromatic rings. The van der Waals surface area contributed by atoms with Gasteiger partial charge >= 0.3 is 6.18 Å². The molecule has 200 valence electrons. The number of benzene rings is 3. The zero-order chi connectivity index (χ0) is 28.2. The van der Waals surface area contributed by atoms with Gasteiger partial charge in [-0.3, -0.25) is 9.59 Å². The van der Waals surface area contributed by atoms with E-state index in [1.54, 1.807) is 0 Å². The van der Waals surface area contributed by atoms with Gasteiger partial charge in [0.1, 0.15) is 11.6 Å². The van der Waals surface area contributed by atoms with Crippen LogP contribution < -0.4 is 10.6 Å². The molecule has 0 unspecified atom stereocenters. The molecule has 0 bridgehead atoms. The van der Waals surface area contributed by atoms with E-state index in [2.05, 4.69) is 10.6 Å². The summed E-state index contributed by atoms with van der Waals surface area (Å²) in [5, 5.41) is 3.89.